The average Bonchev–Trinajstić information content (AvgIpc) is 3.17. The van der Waals surface area contributed by atoms with Crippen LogP contribution in [0.4, 0.5) is 0 Å². The van der Waals surface area contributed by atoms with Crippen molar-refractivity contribution < 1.29 is 4.52 Å². The van der Waals surface area contributed by atoms with Crippen molar-refractivity contribution in [3.8, 4) is 0 Å². The molecule has 4 heteroatoms. The summed E-state index contributed by atoms with van der Waals surface area (Å²) in [5.41, 5.74) is 7.19. The third kappa shape index (κ3) is 2.14. The van der Waals surface area contributed by atoms with Crippen molar-refractivity contribution in [2.75, 3.05) is 0 Å². The van der Waals surface area contributed by atoms with Crippen LogP contribution in [0.1, 0.15) is 62.3 Å². The Morgan fingerprint density at radius 1 is 1.25 bits per heavy atom. The van der Waals surface area contributed by atoms with Gasteiger partial charge in [0.1, 0.15) is 0 Å². The topological polar surface area (TPSA) is 64.9 Å². The molecule has 1 aromatic carbocycles. The van der Waals surface area contributed by atoms with Gasteiger partial charge in [0.05, 0.1) is 11.5 Å². The lowest BCUT2D eigenvalue weighted by molar-refractivity contribution is 0.339. The molecule has 0 spiro atoms. The van der Waals surface area contributed by atoms with Gasteiger partial charge in [0.2, 0.25) is 5.89 Å². The number of benzene rings is 1. The van der Waals surface area contributed by atoms with Crippen LogP contribution >= 0.6 is 0 Å². The van der Waals surface area contributed by atoms with E-state index in [0.29, 0.717) is 5.89 Å². The Balaban J connectivity index is 2.01. The number of hydrogen-bond acceptors (Lipinski definition) is 4. The van der Waals surface area contributed by atoms with E-state index in [9.17, 15) is 0 Å². The van der Waals surface area contributed by atoms with E-state index >= 15 is 0 Å². The fourth-order valence-corrected chi connectivity index (χ4v) is 3.13. The molecule has 106 valence electrons. The summed E-state index contributed by atoms with van der Waals surface area (Å²) in [5.74, 6) is 1.37. The highest BCUT2D eigenvalue weighted by Crippen LogP contribution is 2.45. The van der Waals surface area contributed by atoms with Crippen molar-refractivity contribution in [2.24, 2.45) is 5.73 Å². The second-order valence-electron chi connectivity index (χ2n) is 5.63. The Bertz CT molecular complexity index is 558. The zero-order valence-corrected chi connectivity index (χ0v) is 11.9. The molecular weight excluding hydrogens is 250 g/mol. The molecule has 0 radical (unpaired) electrons. The minimum absolute atomic E-state index is 0.0868. The molecule has 1 fully saturated rings. The Morgan fingerprint density at radius 2 is 1.95 bits per heavy atom. The van der Waals surface area contributed by atoms with E-state index in [1.807, 2.05) is 13.0 Å². The first-order chi connectivity index (χ1) is 9.76. The predicted molar refractivity (Wildman–Crippen MR) is 77.2 cm³/mol. The fraction of sp³-hybridized carbons (Fsp3) is 0.500. The van der Waals surface area contributed by atoms with Gasteiger partial charge in [-0.05, 0) is 24.8 Å². The highest BCUT2D eigenvalue weighted by molar-refractivity contribution is 5.33. The molecule has 1 aliphatic rings. The lowest BCUT2D eigenvalue weighted by Gasteiger charge is -2.25. The van der Waals surface area contributed by atoms with Gasteiger partial charge in [0.25, 0.3) is 0 Å². The summed E-state index contributed by atoms with van der Waals surface area (Å²) in [6.45, 7) is 2.02. The van der Waals surface area contributed by atoms with Crippen LogP contribution in [0.3, 0.4) is 0 Å². The maximum atomic E-state index is 5.99. The highest BCUT2D eigenvalue weighted by atomic mass is 16.5. The Kier molecular flexibility index (Phi) is 3.57. The smallest absolute Gasteiger partial charge is 0.243 e. The fourth-order valence-electron chi connectivity index (χ4n) is 3.13. The van der Waals surface area contributed by atoms with E-state index in [4.69, 9.17) is 10.3 Å². The summed E-state index contributed by atoms with van der Waals surface area (Å²) in [6.07, 6.45) is 5.38. The summed E-state index contributed by atoms with van der Waals surface area (Å²) in [7, 11) is 0. The molecule has 1 heterocycles. The van der Waals surface area contributed by atoms with Gasteiger partial charge in [-0.25, -0.2) is 0 Å². The molecule has 0 aliphatic heterocycles. The normalized spacial score (nSPS) is 19.1. The molecule has 1 aromatic heterocycles. The average molecular weight is 271 g/mol. The second kappa shape index (κ2) is 5.37. The molecule has 1 atom stereocenters. The minimum Gasteiger partial charge on any atom is -0.338 e. The van der Waals surface area contributed by atoms with Gasteiger partial charge in [-0.2, -0.15) is 4.98 Å². The molecule has 2 N–H and O–H groups in total. The quantitative estimate of drug-likeness (QED) is 0.926. The van der Waals surface area contributed by atoms with Crippen molar-refractivity contribution in [1.82, 2.24) is 10.1 Å². The molecule has 0 bridgehead atoms. The van der Waals surface area contributed by atoms with Crippen molar-refractivity contribution >= 4 is 0 Å². The van der Waals surface area contributed by atoms with E-state index in [0.717, 1.165) is 25.1 Å². The maximum Gasteiger partial charge on any atom is 0.243 e. The second-order valence-corrected chi connectivity index (χ2v) is 5.63. The van der Waals surface area contributed by atoms with Gasteiger partial charge < -0.3 is 10.3 Å². The van der Waals surface area contributed by atoms with Gasteiger partial charge in [-0.3, -0.25) is 0 Å². The molecule has 2 aromatic rings. The third-order valence-corrected chi connectivity index (χ3v) is 4.41. The summed E-state index contributed by atoms with van der Waals surface area (Å²) in [4.78, 5) is 4.61. The summed E-state index contributed by atoms with van der Waals surface area (Å²) >= 11 is 0. The summed E-state index contributed by atoms with van der Waals surface area (Å²) < 4.78 is 5.39. The lowest BCUT2D eigenvalue weighted by Crippen LogP contribution is -2.25. The first-order valence-electron chi connectivity index (χ1n) is 7.41. The molecule has 4 nitrogen and oxygen atoms in total. The van der Waals surface area contributed by atoms with E-state index in [-0.39, 0.29) is 11.5 Å². The third-order valence-electron chi connectivity index (χ3n) is 4.41. The monoisotopic (exact) mass is 271 g/mol. The zero-order valence-electron chi connectivity index (χ0n) is 11.9. The number of nitrogens with zero attached hydrogens (tertiary/aromatic N) is 2. The number of aromatic nitrogens is 2. The Morgan fingerprint density at radius 3 is 2.60 bits per heavy atom. The van der Waals surface area contributed by atoms with E-state index in [2.05, 4.69) is 34.4 Å². The summed E-state index contributed by atoms with van der Waals surface area (Å²) in [5, 5.41) is 4.25. The minimum atomic E-state index is -0.162. The molecule has 0 amide bonds. The predicted octanol–water partition coefficient (Wildman–Crippen LogP) is 3.34. The van der Waals surface area contributed by atoms with Crippen LogP contribution in [0.15, 0.2) is 34.9 Å². The van der Waals surface area contributed by atoms with Crippen molar-refractivity contribution in [1.29, 1.82) is 0 Å². The van der Waals surface area contributed by atoms with Crippen LogP contribution in [-0.4, -0.2) is 10.1 Å². The van der Waals surface area contributed by atoms with Gasteiger partial charge in [-0.15, -0.1) is 0 Å². The van der Waals surface area contributed by atoms with E-state index < -0.39 is 0 Å². The van der Waals surface area contributed by atoms with Crippen molar-refractivity contribution in [2.45, 2.75) is 50.5 Å². The van der Waals surface area contributed by atoms with Crippen LogP contribution in [-0.2, 0) is 5.41 Å². The number of hydrogen-bond donors (Lipinski definition) is 1. The molecule has 0 saturated heterocycles. The Hall–Kier alpha value is -1.68. The first kappa shape index (κ1) is 13.3. The molecule has 20 heavy (non-hydrogen) atoms. The van der Waals surface area contributed by atoms with E-state index in [1.54, 1.807) is 0 Å². The van der Waals surface area contributed by atoms with Crippen LogP contribution in [0.5, 0.6) is 0 Å². The van der Waals surface area contributed by atoms with Crippen LogP contribution in [0.2, 0.25) is 0 Å². The SMILES string of the molecule is CC[C@@H](N)c1nc(C2(c3ccccc3)CCCC2)no1. The Labute approximate surface area is 119 Å². The van der Waals surface area contributed by atoms with Gasteiger partial charge >= 0.3 is 0 Å². The number of nitrogens with two attached hydrogens (primary N) is 1. The molecular formula is C16H21N3O. The van der Waals surface area contributed by atoms with Gasteiger partial charge in [-0.1, -0.05) is 55.3 Å². The van der Waals surface area contributed by atoms with Crippen LogP contribution in [0, 0.1) is 0 Å². The van der Waals surface area contributed by atoms with Crippen LogP contribution in [0.25, 0.3) is 0 Å². The standard InChI is InChI=1S/C16H21N3O/c1-2-13(17)14-18-15(19-20-14)16(10-6-7-11-16)12-8-4-3-5-9-12/h3-5,8-9,13H,2,6-7,10-11,17H2,1H3/t13-/m1/s1. The lowest BCUT2D eigenvalue weighted by atomic mass is 9.78. The van der Waals surface area contributed by atoms with E-state index in [1.165, 1.54) is 18.4 Å². The molecule has 3 rings (SSSR count). The number of rotatable bonds is 4. The van der Waals surface area contributed by atoms with Crippen molar-refractivity contribution in [3.63, 3.8) is 0 Å². The highest BCUT2D eigenvalue weighted by Gasteiger charge is 2.41. The summed E-state index contributed by atoms with van der Waals surface area (Å²) in [6, 6.07) is 10.4. The molecule has 1 aliphatic carbocycles. The zero-order chi connectivity index (χ0) is 14.0. The van der Waals surface area contributed by atoms with Crippen molar-refractivity contribution in [3.05, 3.63) is 47.6 Å². The van der Waals surface area contributed by atoms with Gasteiger partial charge in [0, 0.05) is 0 Å². The largest absolute Gasteiger partial charge is 0.338 e. The van der Waals surface area contributed by atoms with Crippen LogP contribution < -0.4 is 5.73 Å². The maximum absolute atomic E-state index is 5.99. The first-order valence-corrected chi connectivity index (χ1v) is 7.41. The molecule has 0 unspecified atom stereocenters. The molecule has 1 saturated carbocycles. The van der Waals surface area contributed by atoms with Gasteiger partial charge in [0.15, 0.2) is 5.82 Å².